The second kappa shape index (κ2) is 10.9. The topological polar surface area (TPSA) is 66.8 Å². The minimum Gasteiger partial charge on any atom is -0.481 e. The van der Waals surface area contributed by atoms with Gasteiger partial charge in [-0.3, -0.25) is 9.59 Å². The molecule has 1 atom stereocenters. The molecule has 5 nitrogen and oxygen atoms in total. The Morgan fingerprint density at radius 2 is 1.60 bits per heavy atom. The van der Waals surface area contributed by atoms with Gasteiger partial charge in [0.2, 0.25) is 0 Å². The average molecular weight is 537 g/mol. The monoisotopic (exact) mass is 535 g/mol. The molecule has 1 fully saturated rings. The third kappa shape index (κ3) is 5.89. The van der Waals surface area contributed by atoms with Crippen molar-refractivity contribution in [3.63, 3.8) is 0 Å². The van der Waals surface area contributed by atoms with Crippen LogP contribution in [0.15, 0.2) is 60.7 Å². The number of hydrogen-bond acceptors (Lipinski definition) is 3. The molecule has 3 aromatic rings. The van der Waals surface area contributed by atoms with Crippen LogP contribution in [0.25, 0.3) is 0 Å². The number of carbonyl (C=O) groups excluding carboxylic acids is 1. The van der Waals surface area contributed by atoms with Gasteiger partial charge in [-0.05, 0) is 60.9 Å². The Kier molecular flexibility index (Phi) is 7.85. The molecule has 0 bridgehead atoms. The summed E-state index contributed by atoms with van der Waals surface area (Å²) in [4.78, 5) is 25.5. The van der Waals surface area contributed by atoms with Crippen LogP contribution in [-0.4, -0.2) is 35.0 Å². The summed E-state index contributed by atoms with van der Waals surface area (Å²) in [5.74, 6) is -2.44. The number of nitrogens with zero attached hydrogens (tertiary/aromatic N) is 1. The highest BCUT2D eigenvalue weighted by molar-refractivity contribution is 6.35. The molecular formula is C26H21Cl3FNO4. The van der Waals surface area contributed by atoms with Gasteiger partial charge in [-0.2, -0.15) is 0 Å². The second-order valence-electron chi connectivity index (χ2n) is 8.27. The third-order valence-corrected chi connectivity index (χ3v) is 6.79. The zero-order valence-corrected chi connectivity index (χ0v) is 20.7. The van der Waals surface area contributed by atoms with Gasteiger partial charge in [0.1, 0.15) is 0 Å². The van der Waals surface area contributed by atoms with Crippen LogP contribution in [0.4, 0.5) is 4.39 Å². The Labute approximate surface area is 217 Å². The number of amides is 1. The van der Waals surface area contributed by atoms with Crippen LogP contribution in [-0.2, 0) is 4.79 Å². The maximum atomic E-state index is 15.1. The lowest BCUT2D eigenvalue weighted by molar-refractivity contribution is -0.143. The summed E-state index contributed by atoms with van der Waals surface area (Å²) in [6.45, 7) is 0.618. The van der Waals surface area contributed by atoms with Gasteiger partial charge in [-0.25, -0.2) is 4.39 Å². The van der Waals surface area contributed by atoms with E-state index in [2.05, 4.69) is 0 Å². The Bertz CT molecular complexity index is 1240. The SMILES string of the molecule is O=C(O)C1CCN(C(=O)c2ccc(OC(c3ccc(Cl)cc3)c3ccc(Cl)cc3Cl)c(F)c2)CC1. The summed E-state index contributed by atoms with van der Waals surface area (Å²) in [6, 6.07) is 15.9. The van der Waals surface area contributed by atoms with Gasteiger partial charge in [-0.15, -0.1) is 0 Å². The van der Waals surface area contributed by atoms with E-state index in [0.29, 0.717) is 52.1 Å². The van der Waals surface area contributed by atoms with Gasteiger partial charge in [0, 0.05) is 39.3 Å². The number of aliphatic carboxylic acids is 1. The maximum absolute atomic E-state index is 15.1. The first-order valence-electron chi connectivity index (χ1n) is 10.9. The molecule has 0 radical (unpaired) electrons. The van der Waals surface area contributed by atoms with Crippen molar-refractivity contribution in [2.45, 2.75) is 18.9 Å². The summed E-state index contributed by atoms with van der Waals surface area (Å²) in [5, 5.41) is 10.5. The van der Waals surface area contributed by atoms with Crippen molar-refractivity contribution < 1.29 is 23.8 Å². The number of carbonyl (C=O) groups is 2. The van der Waals surface area contributed by atoms with E-state index >= 15 is 4.39 Å². The van der Waals surface area contributed by atoms with Gasteiger partial charge >= 0.3 is 5.97 Å². The number of carboxylic acids is 1. The highest BCUT2D eigenvalue weighted by Crippen LogP contribution is 2.36. The lowest BCUT2D eigenvalue weighted by atomic mass is 9.96. The minimum absolute atomic E-state index is 0.0582. The summed E-state index contributed by atoms with van der Waals surface area (Å²) < 4.78 is 21.2. The number of ether oxygens (including phenoxy) is 1. The number of likely N-dealkylation sites (tertiary alicyclic amines) is 1. The molecule has 0 saturated carbocycles. The van der Waals surface area contributed by atoms with Gasteiger partial charge < -0.3 is 14.7 Å². The summed E-state index contributed by atoms with van der Waals surface area (Å²) >= 11 is 18.5. The van der Waals surface area contributed by atoms with Crippen molar-refractivity contribution >= 4 is 46.7 Å². The fourth-order valence-electron chi connectivity index (χ4n) is 4.03. The molecule has 0 aliphatic carbocycles. The van der Waals surface area contributed by atoms with Gasteiger partial charge in [0.25, 0.3) is 5.91 Å². The largest absolute Gasteiger partial charge is 0.481 e. The van der Waals surface area contributed by atoms with Crippen molar-refractivity contribution in [2.24, 2.45) is 5.92 Å². The highest BCUT2D eigenvalue weighted by Gasteiger charge is 2.28. The smallest absolute Gasteiger partial charge is 0.306 e. The van der Waals surface area contributed by atoms with E-state index < -0.39 is 23.8 Å². The van der Waals surface area contributed by atoms with Crippen molar-refractivity contribution in [1.29, 1.82) is 0 Å². The Hall–Kier alpha value is -2.80. The lowest BCUT2D eigenvalue weighted by Gasteiger charge is -2.30. The van der Waals surface area contributed by atoms with Crippen LogP contribution in [0.2, 0.25) is 15.1 Å². The Balaban J connectivity index is 1.58. The van der Waals surface area contributed by atoms with Crippen molar-refractivity contribution in [3.05, 3.63) is 98.2 Å². The highest BCUT2D eigenvalue weighted by atomic mass is 35.5. The van der Waals surface area contributed by atoms with Crippen LogP contribution >= 0.6 is 34.8 Å². The fourth-order valence-corrected chi connectivity index (χ4v) is 4.66. The first-order valence-corrected chi connectivity index (χ1v) is 12.0. The van der Waals surface area contributed by atoms with Crippen molar-refractivity contribution in [1.82, 2.24) is 4.90 Å². The van der Waals surface area contributed by atoms with E-state index in [9.17, 15) is 9.59 Å². The van der Waals surface area contributed by atoms with Crippen LogP contribution in [0, 0.1) is 11.7 Å². The number of hydrogen-bond donors (Lipinski definition) is 1. The second-order valence-corrected chi connectivity index (χ2v) is 9.55. The summed E-state index contributed by atoms with van der Waals surface area (Å²) in [6.07, 6.45) is -0.0202. The molecule has 0 spiro atoms. The summed E-state index contributed by atoms with van der Waals surface area (Å²) in [5.41, 5.74) is 1.44. The van der Waals surface area contributed by atoms with E-state index in [1.54, 1.807) is 47.4 Å². The van der Waals surface area contributed by atoms with E-state index in [4.69, 9.17) is 44.6 Å². The first kappa shape index (κ1) is 25.3. The molecule has 1 aliphatic rings. The molecule has 1 aliphatic heterocycles. The molecule has 35 heavy (non-hydrogen) atoms. The van der Waals surface area contributed by atoms with E-state index in [1.165, 1.54) is 12.1 Å². The van der Waals surface area contributed by atoms with E-state index in [-0.39, 0.29) is 17.2 Å². The van der Waals surface area contributed by atoms with Crippen LogP contribution in [0.5, 0.6) is 5.75 Å². The number of benzene rings is 3. The predicted octanol–water partition coefficient (Wildman–Crippen LogP) is 6.89. The Morgan fingerprint density at radius 1 is 0.943 bits per heavy atom. The number of piperidine rings is 1. The molecule has 1 saturated heterocycles. The van der Waals surface area contributed by atoms with Crippen LogP contribution < -0.4 is 4.74 Å². The Morgan fingerprint density at radius 3 is 2.20 bits per heavy atom. The van der Waals surface area contributed by atoms with Gasteiger partial charge in [0.05, 0.1) is 5.92 Å². The number of carboxylic acid groups (broad SMARTS) is 1. The molecule has 0 aromatic heterocycles. The normalized spacial score (nSPS) is 15.0. The third-order valence-electron chi connectivity index (χ3n) is 5.97. The van der Waals surface area contributed by atoms with Crippen molar-refractivity contribution in [3.8, 4) is 5.75 Å². The molecule has 3 aromatic carbocycles. The van der Waals surface area contributed by atoms with E-state index in [1.807, 2.05) is 0 Å². The van der Waals surface area contributed by atoms with Gasteiger partial charge in [-0.1, -0.05) is 53.0 Å². The van der Waals surface area contributed by atoms with Gasteiger partial charge in [0.15, 0.2) is 17.7 Å². The zero-order valence-electron chi connectivity index (χ0n) is 18.4. The number of halogens is 4. The zero-order chi connectivity index (χ0) is 25.1. The molecule has 182 valence electrons. The molecule has 9 heteroatoms. The van der Waals surface area contributed by atoms with Crippen LogP contribution in [0.1, 0.15) is 40.4 Å². The van der Waals surface area contributed by atoms with Crippen LogP contribution in [0.3, 0.4) is 0 Å². The maximum Gasteiger partial charge on any atom is 0.306 e. The standard InChI is InChI=1S/C26H21Cl3FNO4/c27-18-4-1-15(2-5-18)24(20-7-6-19(28)14-21(20)29)35-23-8-3-17(13-22(23)30)25(32)31-11-9-16(10-12-31)26(33)34/h1-8,13-14,16,24H,9-12H2,(H,33,34). The summed E-state index contributed by atoms with van der Waals surface area (Å²) in [7, 11) is 0. The first-order chi connectivity index (χ1) is 16.7. The molecule has 4 rings (SSSR count). The molecule has 1 N–H and O–H groups in total. The molecule has 1 unspecified atom stereocenters. The molecule has 1 heterocycles. The molecular weight excluding hydrogens is 516 g/mol. The quantitative estimate of drug-likeness (QED) is 0.372. The molecule has 1 amide bonds. The fraction of sp³-hybridized carbons (Fsp3) is 0.231. The lowest BCUT2D eigenvalue weighted by Crippen LogP contribution is -2.40. The van der Waals surface area contributed by atoms with Crippen molar-refractivity contribution in [2.75, 3.05) is 13.1 Å². The van der Waals surface area contributed by atoms with E-state index in [0.717, 1.165) is 6.07 Å². The predicted molar refractivity (Wildman–Crippen MR) is 133 cm³/mol. The number of rotatable bonds is 6. The minimum atomic E-state index is -0.860. The average Bonchev–Trinajstić information content (AvgIpc) is 2.84.